The summed E-state index contributed by atoms with van der Waals surface area (Å²) in [7, 11) is 1.51. The van der Waals surface area contributed by atoms with E-state index in [0.29, 0.717) is 0 Å². The number of alkyl halides is 1. The highest BCUT2D eigenvalue weighted by Crippen LogP contribution is 2.09. The van der Waals surface area contributed by atoms with Gasteiger partial charge in [-0.2, -0.15) is 0 Å². The third-order valence-corrected chi connectivity index (χ3v) is 1.75. The number of hydrogen-bond acceptors (Lipinski definition) is 2. The molecule has 0 amide bonds. The molecule has 0 heterocycles. The molecule has 2 unspecified atom stereocenters. The summed E-state index contributed by atoms with van der Waals surface area (Å²) >= 11 is 3.28. The Labute approximate surface area is 64.3 Å². The predicted molar refractivity (Wildman–Crippen MR) is 40.6 cm³/mol. The van der Waals surface area contributed by atoms with Crippen LogP contribution < -0.4 is 0 Å². The minimum Gasteiger partial charge on any atom is -0.368 e. The predicted octanol–water partition coefficient (Wildman–Crippen LogP) is 1.37. The fourth-order valence-electron chi connectivity index (χ4n) is 0.547. The van der Waals surface area contributed by atoms with E-state index in [-0.39, 0.29) is 5.92 Å². The molecular weight excluding hydrogens is 184 g/mol. The van der Waals surface area contributed by atoms with Crippen LogP contribution in [0.25, 0.3) is 0 Å². The summed E-state index contributed by atoms with van der Waals surface area (Å²) < 4.78 is 4.70. The van der Waals surface area contributed by atoms with Gasteiger partial charge in [0.25, 0.3) is 0 Å². The van der Waals surface area contributed by atoms with Crippen molar-refractivity contribution in [3.8, 4) is 0 Å². The summed E-state index contributed by atoms with van der Waals surface area (Å²) in [6.07, 6.45) is 0.331. The lowest BCUT2D eigenvalue weighted by Crippen LogP contribution is -2.19. The third kappa shape index (κ3) is 3.89. The fraction of sp³-hybridized carbons (Fsp3) is 1.00. The summed E-state index contributed by atoms with van der Waals surface area (Å²) in [4.78, 5) is 0. The maximum absolute atomic E-state index is 9.01. The number of aliphatic hydroxyl groups is 1. The van der Waals surface area contributed by atoms with Crippen molar-refractivity contribution < 1.29 is 9.84 Å². The van der Waals surface area contributed by atoms with E-state index < -0.39 is 6.29 Å². The highest BCUT2D eigenvalue weighted by Gasteiger charge is 2.10. The smallest absolute Gasteiger partial charge is 0.156 e. The number of methoxy groups -OCH3 is 1. The molecule has 0 aliphatic rings. The summed E-state index contributed by atoms with van der Waals surface area (Å²) in [5.74, 6) is 0.217. The van der Waals surface area contributed by atoms with Crippen molar-refractivity contribution in [2.75, 3.05) is 12.4 Å². The van der Waals surface area contributed by atoms with Gasteiger partial charge in [0.2, 0.25) is 0 Å². The molecule has 0 aromatic carbocycles. The molecule has 0 aliphatic carbocycles. The number of aliphatic hydroxyl groups excluding tert-OH is 1. The van der Waals surface area contributed by atoms with E-state index in [2.05, 4.69) is 15.9 Å². The second-order valence-electron chi connectivity index (χ2n) is 2.08. The van der Waals surface area contributed by atoms with Gasteiger partial charge in [-0.05, 0) is 6.42 Å². The SMILES string of the molecule is COC(O)C(C)CCBr. The van der Waals surface area contributed by atoms with Crippen LogP contribution in [0.1, 0.15) is 13.3 Å². The van der Waals surface area contributed by atoms with Crippen LogP contribution >= 0.6 is 15.9 Å². The summed E-state index contributed by atoms with van der Waals surface area (Å²) in [5, 5.41) is 9.93. The maximum Gasteiger partial charge on any atom is 0.156 e. The van der Waals surface area contributed by atoms with E-state index in [0.717, 1.165) is 11.8 Å². The van der Waals surface area contributed by atoms with Crippen molar-refractivity contribution in [1.82, 2.24) is 0 Å². The van der Waals surface area contributed by atoms with Crippen LogP contribution in [0.3, 0.4) is 0 Å². The van der Waals surface area contributed by atoms with Gasteiger partial charge in [-0.15, -0.1) is 0 Å². The van der Waals surface area contributed by atoms with Crippen molar-refractivity contribution in [2.45, 2.75) is 19.6 Å². The zero-order valence-corrected chi connectivity index (χ0v) is 7.39. The van der Waals surface area contributed by atoms with Crippen LogP contribution in [-0.2, 0) is 4.74 Å². The zero-order chi connectivity index (χ0) is 7.28. The quantitative estimate of drug-likeness (QED) is 0.544. The molecule has 0 spiro atoms. The standard InChI is InChI=1S/C6H13BrO2/c1-5(3-4-7)6(8)9-2/h5-6,8H,3-4H2,1-2H3. The second-order valence-corrected chi connectivity index (χ2v) is 2.87. The molecule has 0 rings (SSSR count). The zero-order valence-electron chi connectivity index (χ0n) is 5.80. The van der Waals surface area contributed by atoms with Crippen molar-refractivity contribution in [3.63, 3.8) is 0 Å². The van der Waals surface area contributed by atoms with Crippen LogP contribution in [0.5, 0.6) is 0 Å². The van der Waals surface area contributed by atoms with E-state index in [4.69, 9.17) is 9.84 Å². The molecule has 56 valence electrons. The number of rotatable bonds is 4. The normalized spacial score (nSPS) is 17.3. The van der Waals surface area contributed by atoms with Gasteiger partial charge in [0.1, 0.15) is 0 Å². The Morgan fingerprint density at radius 2 is 2.22 bits per heavy atom. The monoisotopic (exact) mass is 196 g/mol. The van der Waals surface area contributed by atoms with E-state index >= 15 is 0 Å². The first-order chi connectivity index (χ1) is 4.22. The Morgan fingerprint density at radius 1 is 1.67 bits per heavy atom. The summed E-state index contributed by atoms with van der Waals surface area (Å²) in [6, 6.07) is 0. The van der Waals surface area contributed by atoms with E-state index in [1.54, 1.807) is 0 Å². The molecule has 0 aliphatic heterocycles. The number of ether oxygens (including phenoxy) is 1. The van der Waals surface area contributed by atoms with Gasteiger partial charge in [-0.3, -0.25) is 0 Å². The molecule has 3 heteroatoms. The summed E-state index contributed by atoms with van der Waals surface area (Å²) in [5.41, 5.74) is 0. The van der Waals surface area contributed by atoms with Crippen molar-refractivity contribution >= 4 is 15.9 Å². The highest BCUT2D eigenvalue weighted by molar-refractivity contribution is 9.09. The molecule has 0 aromatic heterocycles. The largest absolute Gasteiger partial charge is 0.368 e. The summed E-state index contributed by atoms with van der Waals surface area (Å²) in [6.45, 7) is 1.95. The lowest BCUT2D eigenvalue weighted by molar-refractivity contribution is -0.108. The third-order valence-electron chi connectivity index (χ3n) is 1.29. The highest BCUT2D eigenvalue weighted by atomic mass is 79.9. The van der Waals surface area contributed by atoms with Gasteiger partial charge < -0.3 is 9.84 Å². The molecule has 0 bridgehead atoms. The number of hydrogen-bond donors (Lipinski definition) is 1. The number of halogens is 1. The first-order valence-corrected chi connectivity index (χ1v) is 4.11. The Morgan fingerprint density at radius 3 is 2.56 bits per heavy atom. The molecule has 0 aromatic rings. The van der Waals surface area contributed by atoms with E-state index in [1.807, 2.05) is 6.92 Å². The van der Waals surface area contributed by atoms with Gasteiger partial charge >= 0.3 is 0 Å². The van der Waals surface area contributed by atoms with Crippen LogP contribution in [0, 0.1) is 5.92 Å². The molecular formula is C6H13BrO2. The second kappa shape index (κ2) is 5.21. The maximum atomic E-state index is 9.01. The Kier molecular flexibility index (Phi) is 5.44. The van der Waals surface area contributed by atoms with Crippen molar-refractivity contribution in [2.24, 2.45) is 5.92 Å². The molecule has 0 saturated carbocycles. The minimum absolute atomic E-state index is 0.217. The van der Waals surface area contributed by atoms with Crippen LogP contribution in [0.4, 0.5) is 0 Å². The van der Waals surface area contributed by atoms with Gasteiger partial charge in [0, 0.05) is 18.4 Å². The van der Waals surface area contributed by atoms with E-state index in [9.17, 15) is 0 Å². The van der Waals surface area contributed by atoms with Gasteiger partial charge in [-0.25, -0.2) is 0 Å². The fourth-order valence-corrected chi connectivity index (χ4v) is 1.27. The Balaban J connectivity index is 3.32. The lowest BCUT2D eigenvalue weighted by Gasteiger charge is -2.14. The van der Waals surface area contributed by atoms with Crippen LogP contribution in [0.15, 0.2) is 0 Å². The average Bonchev–Trinajstić information content (AvgIpc) is 1.87. The molecule has 2 atom stereocenters. The van der Waals surface area contributed by atoms with E-state index in [1.165, 1.54) is 7.11 Å². The topological polar surface area (TPSA) is 29.5 Å². The lowest BCUT2D eigenvalue weighted by atomic mass is 10.1. The Hall–Kier alpha value is 0.400. The van der Waals surface area contributed by atoms with Crippen LogP contribution in [0.2, 0.25) is 0 Å². The van der Waals surface area contributed by atoms with Gasteiger partial charge in [-0.1, -0.05) is 22.9 Å². The molecule has 0 fully saturated rings. The molecule has 1 N–H and O–H groups in total. The first-order valence-electron chi connectivity index (χ1n) is 2.99. The Bertz CT molecular complexity index is 68.1. The molecule has 0 saturated heterocycles. The molecule has 0 radical (unpaired) electrons. The molecule has 9 heavy (non-hydrogen) atoms. The molecule has 2 nitrogen and oxygen atoms in total. The van der Waals surface area contributed by atoms with Gasteiger partial charge in [0.15, 0.2) is 6.29 Å². The first kappa shape index (κ1) is 9.40. The minimum atomic E-state index is -0.609. The van der Waals surface area contributed by atoms with Crippen molar-refractivity contribution in [3.05, 3.63) is 0 Å². The average molecular weight is 197 g/mol. The van der Waals surface area contributed by atoms with Gasteiger partial charge in [0.05, 0.1) is 0 Å². The van der Waals surface area contributed by atoms with Crippen LogP contribution in [-0.4, -0.2) is 23.8 Å². The van der Waals surface area contributed by atoms with Crippen molar-refractivity contribution in [1.29, 1.82) is 0 Å².